The molecule has 8 nitrogen and oxygen atoms in total. The maximum absolute atomic E-state index is 12.4. The molecule has 8 heteroatoms. The molecule has 166 valence electrons. The van der Waals surface area contributed by atoms with E-state index in [1.54, 1.807) is 31.3 Å². The zero-order chi connectivity index (χ0) is 22.5. The first-order valence-electron chi connectivity index (χ1n) is 10.7. The van der Waals surface area contributed by atoms with Crippen molar-refractivity contribution in [3.8, 4) is 0 Å². The van der Waals surface area contributed by atoms with Gasteiger partial charge in [0.1, 0.15) is 0 Å². The summed E-state index contributed by atoms with van der Waals surface area (Å²) in [6.45, 7) is 6.15. The number of aryl methyl sites for hydroxylation is 1. The molecule has 0 fully saturated rings. The van der Waals surface area contributed by atoms with Crippen molar-refractivity contribution in [2.24, 2.45) is 12.0 Å². The van der Waals surface area contributed by atoms with Gasteiger partial charge < -0.3 is 10.2 Å². The number of unbranched alkanes of at least 4 members (excludes halogenated alkanes) is 1. The van der Waals surface area contributed by atoms with Gasteiger partial charge in [0.05, 0.1) is 16.8 Å². The van der Waals surface area contributed by atoms with Crippen LogP contribution in [0.4, 0.5) is 0 Å². The second kappa shape index (κ2) is 9.76. The lowest BCUT2D eigenvalue weighted by Crippen LogP contribution is -2.39. The molecule has 3 rings (SSSR count). The van der Waals surface area contributed by atoms with Crippen LogP contribution >= 0.6 is 0 Å². The number of nitrogens with zero attached hydrogens (tertiary/aromatic N) is 5. The number of amides is 2. The first-order valence-corrected chi connectivity index (χ1v) is 10.7. The van der Waals surface area contributed by atoms with Crippen LogP contribution in [0.25, 0.3) is 0 Å². The normalized spacial score (nSPS) is 13.9. The molecular formula is C23H32N6O2. The van der Waals surface area contributed by atoms with Crippen molar-refractivity contribution in [1.82, 2.24) is 24.9 Å². The maximum atomic E-state index is 12.4. The van der Waals surface area contributed by atoms with Crippen LogP contribution in [0.1, 0.15) is 64.6 Å². The summed E-state index contributed by atoms with van der Waals surface area (Å²) in [6.07, 6.45) is 3.62. The summed E-state index contributed by atoms with van der Waals surface area (Å²) in [6, 6.07) is 7.00. The van der Waals surface area contributed by atoms with E-state index >= 15 is 0 Å². The molecule has 1 aromatic carbocycles. The Morgan fingerprint density at radius 3 is 2.39 bits per heavy atom. The van der Waals surface area contributed by atoms with E-state index in [0.717, 1.165) is 31.0 Å². The van der Waals surface area contributed by atoms with Gasteiger partial charge in [-0.15, -0.1) is 0 Å². The molecule has 0 unspecified atom stereocenters. The third-order valence-electron chi connectivity index (χ3n) is 5.43. The van der Waals surface area contributed by atoms with Crippen LogP contribution in [0.2, 0.25) is 0 Å². The number of guanidine groups is 1. The van der Waals surface area contributed by atoms with E-state index in [1.165, 1.54) is 10.5 Å². The standard InChI is InChI=1S/C23H32N6O2/c1-16(2)20-17(15-28(5)26-20)14-27(4)23(24-3)25-12-8-9-13-29-21(30)18-10-6-7-11-19(18)22(29)31/h6-7,10-11,15-16H,8-9,12-14H2,1-5H3,(H,24,25). The van der Waals surface area contributed by atoms with Gasteiger partial charge in [-0.2, -0.15) is 5.10 Å². The highest BCUT2D eigenvalue weighted by Crippen LogP contribution is 2.22. The molecule has 1 aliphatic rings. The Labute approximate surface area is 183 Å². The predicted molar refractivity (Wildman–Crippen MR) is 121 cm³/mol. The van der Waals surface area contributed by atoms with Gasteiger partial charge in [-0.25, -0.2) is 0 Å². The molecule has 0 saturated heterocycles. The third-order valence-corrected chi connectivity index (χ3v) is 5.43. The van der Waals surface area contributed by atoms with E-state index in [9.17, 15) is 9.59 Å². The third kappa shape index (κ3) is 4.95. The van der Waals surface area contributed by atoms with Crippen LogP contribution in [-0.4, -0.2) is 64.5 Å². The summed E-state index contributed by atoms with van der Waals surface area (Å²) in [4.78, 5) is 32.6. The van der Waals surface area contributed by atoms with Crippen LogP contribution in [0, 0.1) is 0 Å². The first-order chi connectivity index (χ1) is 14.8. The molecule has 0 radical (unpaired) electrons. The highest BCUT2D eigenvalue weighted by Gasteiger charge is 2.34. The number of imide groups is 1. The molecule has 2 amide bonds. The fourth-order valence-corrected chi connectivity index (χ4v) is 3.92. The highest BCUT2D eigenvalue weighted by atomic mass is 16.2. The van der Waals surface area contributed by atoms with Crippen LogP contribution in [0.5, 0.6) is 0 Å². The Bertz CT molecular complexity index is 943. The SMILES string of the molecule is CN=C(NCCCCN1C(=O)c2ccccc2C1=O)N(C)Cc1cn(C)nc1C(C)C. The van der Waals surface area contributed by atoms with E-state index in [4.69, 9.17) is 0 Å². The Kier molecular flexibility index (Phi) is 7.09. The van der Waals surface area contributed by atoms with E-state index < -0.39 is 0 Å². The van der Waals surface area contributed by atoms with Crippen molar-refractivity contribution < 1.29 is 9.59 Å². The second-order valence-electron chi connectivity index (χ2n) is 8.21. The van der Waals surface area contributed by atoms with Crippen molar-refractivity contribution in [2.45, 2.75) is 39.2 Å². The molecule has 1 aromatic heterocycles. The van der Waals surface area contributed by atoms with Crippen LogP contribution in [-0.2, 0) is 13.6 Å². The number of hydrogen-bond acceptors (Lipinski definition) is 4. The number of carbonyl (C=O) groups excluding carboxylic acids is 2. The summed E-state index contributed by atoms with van der Waals surface area (Å²) < 4.78 is 1.86. The molecule has 0 aliphatic carbocycles. The molecular weight excluding hydrogens is 392 g/mol. The number of hydrogen-bond donors (Lipinski definition) is 1. The molecule has 0 saturated carbocycles. The first kappa shape index (κ1) is 22.5. The van der Waals surface area contributed by atoms with E-state index in [1.807, 2.05) is 18.8 Å². The largest absolute Gasteiger partial charge is 0.356 e. The number of rotatable bonds is 8. The lowest BCUT2D eigenvalue weighted by molar-refractivity contribution is 0.0652. The van der Waals surface area contributed by atoms with Crippen LogP contribution < -0.4 is 5.32 Å². The summed E-state index contributed by atoms with van der Waals surface area (Å²) in [7, 11) is 5.71. The topological polar surface area (TPSA) is 82.8 Å². The number of carbonyl (C=O) groups is 2. The molecule has 31 heavy (non-hydrogen) atoms. The monoisotopic (exact) mass is 424 g/mol. The molecule has 0 atom stereocenters. The van der Waals surface area contributed by atoms with E-state index in [0.29, 0.717) is 30.1 Å². The Balaban J connectivity index is 1.46. The minimum atomic E-state index is -0.193. The van der Waals surface area contributed by atoms with Crippen molar-refractivity contribution >= 4 is 17.8 Å². The maximum Gasteiger partial charge on any atom is 0.261 e. The van der Waals surface area contributed by atoms with Gasteiger partial charge in [0.25, 0.3) is 11.8 Å². The minimum absolute atomic E-state index is 0.193. The molecule has 2 aromatic rings. The molecule has 1 aliphatic heterocycles. The van der Waals surface area contributed by atoms with Gasteiger partial charge in [0.2, 0.25) is 0 Å². The molecule has 2 heterocycles. The van der Waals surface area contributed by atoms with Crippen molar-refractivity contribution in [3.05, 3.63) is 52.8 Å². The number of aromatic nitrogens is 2. The average molecular weight is 425 g/mol. The van der Waals surface area contributed by atoms with E-state index in [2.05, 4.69) is 40.4 Å². The number of fused-ring (bicyclic) bond motifs is 1. The Morgan fingerprint density at radius 1 is 1.16 bits per heavy atom. The molecule has 0 bridgehead atoms. The summed E-state index contributed by atoms with van der Waals surface area (Å²) in [5.74, 6) is 0.782. The summed E-state index contributed by atoms with van der Waals surface area (Å²) >= 11 is 0. The van der Waals surface area contributed by atoms with E-state index in [-0.39, 0.29) is 11.8 Å². The Morgan fingerprint density at radius 2 is 1.81 bits per heavy atom. The van der Waals surface area contributed by atoms with Gasteiger partial charge in [0.15, 0.2) is 5.96 Å². The minimum Gasteiger partial charge on any atom is -0.356 e. The predicted octanol–water partition coefficient (Wildman–Crippen LogP) is 2.63. The van der Waals surface area contributed by atoms with Gasteiger partial charge in [-0.05, 0) is 30.9 Å². The van der Waals surface area contributed by atoms with Gasteiger partial charge in [0, 0.05) is 52.5 Å². The Hall–Kier alpha value is -3.16. The van der Waals surface area contributed by atoms with Crippen molar-refractivity contribution in [1.29, 1.82) is 0 Å². The van der Waals surface area contributed by atoms with Crippen LogP contribution in [0.15, 0.2) is 35.5 Å². The average Bonchev–Trinajstić information content (AvgIpc) is 3.23. The molecule has 1 N–H and O–H groups in total. The fraction of sp³-hybridized carbons (Fsp3) is 0.478. The van der Waals surface area contributed by atoms with Crippen molar-refractivity contribution in [3.63, 3.8) is 0 Å². The molecule has 0 spiro atoms. The highest BCUT2D eigenvalue weighted by molar-refractivity contribution is 6.21. The van der Waals surface area contributed by atoms with Gasteiger partial charge in [-0.3, -0.25) is 24.2 Å². The number of nitrogens with one attached hydrogen (secondary N) is 1. The van der Waals surface area contributed by atoms with Gasteiger partial charge >= 0.3 is 0 Å². The smallest absolute Gasteiger partial charge is 0.261 e. The second-order valence-corrected chi connectivity index (χ2v) is 8.21. The zero-order valence-corrected chi connectivity index (χ0v) is 19.1. The fourth-order valence-electron chi connectivity index (χ4n) is 3.92. The van der Waals surface area contributed by atoms with Crippen molar-refractivity contribution in [2.75, 3.05) is 27.2 Å². The lowest BCUT2D eigenvalue weighted by Gasteiger charge is -2.22. The zero-order valence-electron chi connectivity index (χ0n) is 19.1. The quantitative estimate of drug-likeness (QED) is 0.305. The number of benzene rings is 1. The number of aliphatic imine (C=N–C) groups is 1. The van der Waals surface area contributed by atoms with Crippen LogP contribution in [0.3, 0.4) is 0 Å². The lowest BCUT2D eigenvalue weighted by atomic mass is 10.1. The van der Waals surface area contributed by atoms with Gasteiger partial charge in [-0.1, -0.05) is 26.0 Å². The summed E-state index contributed by atoms with van der Waals surface area (Å²) in [5, 5.41) is 7.94. The summed E-state index contributed by atoms with van der Waals surface area (Å²) in [5.41, 5.74) is 3.30.